The molecule has 0 amide bonds. The summed E-state index contributed by atoms with van der Waals surface area (Å²) in [5.74, 6) is 37.6. The van der Waals surface area contributed by atoms with Crippen molar-refractivity contribution in [3.63, 3.8) is 0 Å². The van der Waals surface area contributed by atoms with Crippen molar-refractivity contribution in [2.24, 2.45) is 17.6 Å². The molecule has 0 bridgehead atoms. The standard InChI is InChI=1S/C20H42.C16H34.C16H6.C15H32.4C5H11N.C2H7N.2CH4.14H2/c1-5-9-11-12-14-16-20(8-4)18-17-19(7-3)15-13-10-6-2;2*1-3-5-7-9-11-13-15-16-14-12-10-8-6-4-2;1-3-5-7-9-11-13-15-14-12-10-8-6-4-2;4*1-2-4-6-5-3-1;1-2-3;;;;;;;;;;;;;;;;/h19-20H,5-18H2,1-4H3;3-16H2,1-2H3;1-2H3;3-15H2,1-2H3;4*6H,1-5H2;2-3H2,1H3;2*1H4;14*1H. The monoisotopic (exact) mass is 1360 g/mol. The first-order valence-electron chi connectivity index (χ1n) is 41.3. The van der Waals surface area contributed by atoms with Crippen LogP contribution in [0.2, 0.25) is 0 Å². The minimum atomic E-state index is 0. The molecule has 0 saturated carbocycles. The van der Waals surface area contributed by atoms with Crippen LogP contribution in [0.5, 0.6) is 0 Å². The molecule has 0 aromatic heterocycles. The van der Waals surface area contributed by atoms with E-state index in [1.165, 1.54) is 393 Å². The maximum absolute atomic E-state index is 4.85. The van der Waals surface area contributed by atoms with E-state index in [1.54, 1.807) is 13.8 Å². The summed E-state index contributed by atoms with van der Waals surface area (Å²) in [5.41, 5.74) is 4.85. The number of hydrogen-bond acceptors (Lipinski definition) is 5. The molecule has 0 radical (unpaired) electrons. The summed E-state index contributed by atoms with van der Waals surface area (Å²) in [6.07, 6.45) is 76.4. The molecule has 5 nitrogen and oxygen atoms in total. The van der Waals surface area contributed by atoms with Crippen LogP contribution in [0.25, 0.3) is 0 Å². The molecule has 4 aliphatic heterocycles. The lowest BCUT2D eigenvalue weighted by molar-refractivity contribution is 0.334. The summed E-state index contributed by atoms with van der Waals surface area (Å²) in [4.78, 5) is 0. The van der Waals surface area contributed by atoms with Gasteiger partial charge in [0.1, 0.15) is 0 Å². The predicted molar refractivity (Wildman–Crippen MR) is 472 cm³/mol. The molecule has 6 N–H and O–H groups in total. The molecular weight excluding hydrogens is 1160 g/mol. The average Bonchev–Trinajstić information content (AvgIpc) is 0.977. The first-order valence-corrected chi connectivity index (χ1v) is 41.3. The van der Waals surface area contributed by atoms with Crippen molar-refractivity contribution in [2.45, 2.75) is 431 Å². The molecule has 96 heavy (non-hydrogen) atoms. The van der Waals surface area contributed by atoms with E-state index >= 15 is 0 Å². The molecule has 590 valence electrons. The van der Waals surface area contributed by atoms with Crippen LogP contribution in [-0.2, 0) is 0 Å². The van der Waals surface area contributed by atoms with Crippen molar-refractivity contribution >= 4 is 0 Å². The Morgan fingerprint density at radius 3 is 0.542 bits per heavy atom. The van der Waals surface area contributed by atoms with Crippen LogP contribution in [0, 0.1) is 94.7 Å². The normalized spacial score (nSPS) is 13.3. The van der Waals surface area contributed by atoms with Gasteiger partial charge in [-0.25, -0.2) is 0 Å². The Hall–Kier alpha value is -3.28. The van der Waals surface area contributed by atoms with Crippen molar-refractivity contribution in [1.82, 2.24) is 21.3 Å². The van der Waals surface area contributed by atoms with E-state index < -0.39 is 0 Å². The van der Waals surface area contributed by atoms with Crippen LogP contribution >= 0.6 is 0 Å². The molecule has 4 heterocycles. The summed E-state index contributed by atoms with van der Waals surface area (Å²) in [6, 6.07) is 0. The second-order valence-electron chi connectivity index (χ2n) is 26.6. The van der Waals surface area contributed by atoms with Gasteiger partial charge in [-0.1, -0.05) is 378 Å². The zero-order valence-corrected chi connectivity index (χ0v) is 65.6. The number of rotatable bonds is 40. The largest absolute Gasteiger partial charge is 0.331 e. The molecule has 2 unspecified atom stereocenters. The molecular formula is C91H201N5. The van der Waals surface area contributed by atoms with E-state index in [-0.39, 0.29) is 34.8 Å². The minimum Gasteiger partial charge on any atom is -0.331 e. The number of piperidine rings is 4. The first kappa shape index (κ1) is 106. The fourth-order valence-electron chi connectivity index (χ4n) is 11.3. The molecule has 0 aromatic carbocycles. The molecule has 5 heteroatoms. The van der Waals surface area contributed by atoms with Crippen molar-refractivity contribution in [1.29, 1.82) is 0 Å². The van der Waals surface area contributed by atoms with Gasteiger partial charge in [-0.2, -0.15) is 0 Å². The lowest BCUT2D eigenvalue weighted by Crippen LogP contribution is -2.21. The topological polar surface area (TPSA) is 74.1 Å². The van der Waals surface area contributed by atoms with Gasteiger partial charge in [0.05, 0.1) is 0 Å². The van der Waals surface area contributed by atoms with E-state index in [9.17, 15) is 0 Å². The Labute approximate surface area is 629 Å². The predicted octanol–water partition coefficient (Wildman–Crippen LogP) is 29.1. The van der Waals surface area contributed by atoms with Crippen LogP contribution in [0.4, 0.5) is 0 Å². The van der Waals surface area contributed by atoms with Gasteiger partial charge in [0.25, 0.3) is 0 Å². The molecule has 0 aromatic rings. The Bertz CT molecular complexity index is 1700. The Kier molecular flexibility index (Phi) is 122. The van der Waals surface area contributed by atoms with Crippen molar-refractivity contribution < 1.29 is 20.0 Å². The smallest absolute Gasteiger partial charge is 0 e. The Morgan fingerprint density at radius 2 is 0.396 bits per heavy atom. The Balaban J connectivity index is -0.0000000434. The van der Waals surface area contributed by atoms with Gasteiger partial charge < -0.3 is 27.0 Å². The van der Waals surface area contributed by atoms with Crippen molar-refractivity contribution in [2.75, 3.05) is 58.9 Å². The quantitative estimate of drug-likeness (QED) is 0.0312. The second kappa shape index (κ2) is 110. The van der Waals surface area contributed by atoms with Crippen LogP contribution in [0.15, 0.2) is 0 Å². The van der Waals surface area contributed by atoms with Gasteiger partial charge in [0.2, 0.25) is 0 Å². The highest BCUT2D eigenvalue weighted by molar-refractivity contribution is 5.45. The highest BCUT2D eigenvalue weighted by Gasteiger charge is 2.11. The van der Waals surface area contributed by atoms with E-state index in [0.29, 0.717) is 0 Å². The third-order valence-electron chi connectivity index (χ3n) is 17.5. The maximum atomic E-state index is 4.85. The SMILES string of the molecule is C.C.C1CCNCC1.C1CCNCC1.C1CCNCC1.C1CCNCC1.CC#CC#CC#CC#CC#CC#CC#CC.CCCCCCCC(CC)CCC(CC)CCCCC.CCCCCCCCCCCCCCC.CCCCCCCCCCCCCCCC.CCN.[HH].[HH].[HH].[HH].[HH].[HH].[HH].[HH].[HH].[HH].[HH].[HH].[HH].[HH]. The number of nitrogens with two attached hydrogens (primary N) is 1. The van der Waals surface area contributed by atoms with Crippen LogP contribution < -0.4 is 27.0 Å². The fourth-order valence-corrected chi connectivity index (χ4v) is 11.3. The minimum absolute atomic E-state index is 0. The van der Waals surface area contributed by atoms with Gasteiger partial charge in [0.15, 0.2) is 0 Å². The van der Waals surface area contributed by atoms with E-state index in [2.05, 4.69) is 160 Å². The van der Waals surface area contributed by atoms with Gasteiger partial charge >= 0.3 is 0 Å². The third-order valence-corrected chi connectivity index (χ3v) is 17.5. The maximum Gasteiger partial charge on any atom is 0 e. The van der Waals surface area contributed by atoms with Crippen LogP contribution in [-0.4, -0.2) is 58.9 Å². The molecule has 2 atom stereocenters. The highest BCUT2D eigenvalue weighted by atomic mass is 14.9. The summed E-state index contributed by atoms with van der Waals surface area (Å²) in [5, 5.41) is 13.1. The van der Waals surface area contributed by atoms with Gasteiger partial charge in [-0.15, -0.1) is 0 Å². The molecule has 0 spiro atoms. The molecule has 4 fully saturated rings. The Morgan fingerprint density at radius 1 is 0.240 bits per heavy atom. The van der Waals surface area contributed by atoms with Gasteiger partial charge in [0, 0.05) is 20.0 Å². The lowest BCUT2D eigenvalue weighted by atomic mass is 9.87. The summed E-state index contributed by atoms with van der Waals surface area (Å²) >= 11 is 0. The number of nitrogens with one attached hydrogen (secondary N) is 4. The summed E-state index contributed by atoms with van der Waals surface area (Å²) in [6.45, 7) is 34.6. The number of unbranched alkanes of at least 4 members (excludes halogenated alkanes) is 31. The van der Waals surface area contributed by atoms with Crippen molar-refractivity contribution in [3.8, 4) is 82.9 Å². The van der Waals surface area contributed by atoms with E-state index in [4.69, 9.17) is 5.73 Å². The number of hydrogen-bond donors (Lipinski definition) is 5. The van der Waals surface area contributed by atoms with Gasteiger partial charge in [-0.3, -0.25) is 0 Å². The zero-order valence-electron chi connectivity index (χ0n) is 65.6. The lowest BCUT2D eigenvalue weighted by Gasteiger charge is -2.19. The highest BCUT2D eigenvalue weighted by Crippen LogP contribution is 2.26. The van der Waals surface area contributed by atoms with E-state index in [1.807, 2.05) is 6.92 Å². The van der Waals surface area contributed by atoms with Crippen molar-refractivity contribution in [3.05, 3.63) is 0 Å². The summed E-state index contributed by atoms with van der Waals surface area (Å²) < 4.78 is 0. The molecule has 0 aliphatic carbocycles. The van der Waals surface area contributed by atoms with Crippen LogP contribution in [0.1, 0.15) is 451 Å². The fraction of sp³-hybridized carbons (Fsp3) is 0.846. The third kappa shape index (κ3) is 115. The second-order valence-corrected chi connectivity index (χ2v) is 26.6. The average molecular weight is 1370 g/mol. The summed E-state index contributed by atoms with van der Waals surface area (Å²) in [7, 11) is 0. The molecule has 4 rings (SSSR count). The molecule has 4 saturated heterocycles. The molecule has 4 aliphatic rings. The van der Waals surface area contributed by atoms with Gasteiger partial charge in [-0.05, 0) is 207 Å². The van der Waals surface area contributed by atoms with E-state index in [0.717, 1.165) is 18.4 Å². The first-order chi connectivity index (χ1) is 46.4. The van der Waals surface area contributed by atoms with Crippen LogP contribution in [0.3, 0.4) is 0 Å². The zero-order chi connectivity index (χ0) is 69.7.